The van der Waals surface area contributed by atoms with Crippen LogP contribution < -0.4 is 10.1 Å². The largest absolute Gasteiger partial charge is 0.494 e. The van der Waals surface area contributed by atoms with E-state index in [1.165, 1.54) is 18.4 Å². The number of carbonyl (C=O) groups excluding carboxylic acids is 2. The van der Waals surface area contributed by atoms with Crippen LogP contribution in [0.4, 0.5) is 5.88 Å². The molecule has 0 saturated carbocycles. The molecule has 1 amide bonds. The summed E-state index contributed by atoms with van der Waals surface area (Å²) in [5.74, 6) is 0.520. The van der Waals surface area contributed by atoms with Crippen molar-refractivity contribution in [2.45, 2.75) is 19.8 Å². The van der Waals surface area contributed by atoms with Gasteiger partial charge in [0.05, 0.1) is 29.5 Å². The van der Waals surface area contributed by atoms with E-state index in [0.717, 1.165) is 16.0 Å². The lowest BCUT2D eigenvalue weighted by Crippen LogP contribution is -2.13. The Morgan fingerprint density at radius 1 is 1.09 bits per heavy atom. The lowest BCUT2D eigenvalue weighted by Gasteiger charge is -2.07. The number of nitrogens with zero attached hydrogens (tertiary/aromatic N) is 1. The number of aromatic nitrogens is 1. The van der Waals surface area contributed by atoms with Crippen LogP contribution in [0.25, 0.3) is 20.8 Å². The summed E-state index contributed by atoms with van der Waals surface area (Å²) >= 11 is 1.42. The summed E-state index contributed by atoms with van der Waals surface area (Å²) in [4.78, 5) is 29.7. The van der Waals surface area contributed by atoms with Crippen molar-refractivity contribution in [2.75, 3.05) is 19.0 Å². The van der Waals surface area contributed by atoms with E-state index in [9.17, 15) is 9.59 Å². The maximum absolute atomic E-state index is 12.6. The molecule has 2 aromatic heterocycles. The van der Waals surface area contributed by atoms with E-state index in [1.807, 2.05) is 54.6 Å². The van der Waals surface area contributed by atoms with Crippen molar-refractivity contribution in [3.63, 3.8) is 0 Å². The topological polar surface area (TPSA) is 90.7 Å². The Labute approximate surface area is 189 Å². The van der Waals surface area contributed by atoms with Crippen LogP contribution in [0.15, 0.2) is 59.0 Å². The fourth-order valence-electron chi connectivity index (χ4n) is 3.29. The first-order chi connectivity index (χ1) is 15.6. The summed E-state index contributed by atoms with van der Waals surface area (Å²) in [5, 5.41) is 3.37. The number of aryl methyl sites for hydroxylation is 1. The van der Waals surface area contributed by atoms with Gasteiger partial charge in [0, 0.05) is 6.42 Å². The summed E-state index contributed by atoms with van der Waals surface area (Å²) in [6, 6.07) is 17.1. The third-order valence-electron chi connectivity index (χ3n) is 4.79. The number of methoxy groups -OCH3 is 1. The van der Waals surface area contributed by atoms with Crippen LogP contribution in [-0.2, 0) is 9.53 Å². The van der Waals surface area contributed by atoms with Gasteiger partial charge in [0.25, 0.3) is 0 Å². The molecule has 0 spiro atoms. The maximum Gasteiger partial charge on any atom is 0.342 e. The van der Waals surface area contributed by atoms with Crippen molar-refractivity contribution < 1.29 is 23.5 Å². The third kappa shape index (κ3) is 4.65. The summed E-state index contributed by atoms with van der Waals surface area (Å²) in [6.07, 6.45) is 0.764. The van der Waals surface area contributed by atoms with E-state index in [4.69, 9.17) is 13.9 Å². The van der Waals surface area contributed by atoms with Crippen LogP contribution in [0.1, 0.15) is 29.0 Å². The molecule has 0 radical (unpaired) electrons. The van der Waals surface area contributed by atoms with Crippen molar-refractivity contribution in [3.05, 3.63) is 65.9 Å². The number of anilines is 1. The van der Waals surface area contributed by atoms with E-state index in [-0.39, 0.29) is 23.8 Å². The predicted molar refractivity (Wildman–Crippen MR) is 123 cm³/mol. The second kappa shape index (κ2) is 9.65. The number of hydrogen-bond acceptors (Lipinski definition) is 7. The minimum absolute atomic E-state index is 0.191. The fraction of sp³-hybridized carbons (Fsp3) is 0.208. The van der Waals surface area contributed by atoms with E-state index in [0.29, 0.717) is 29.4 Å². The highest BCUT2D eigenvalue weighted by molar-refractivity contribution is 7.21. The molecule has 164 valence electrons. The average molecular weight is 451 g/mol. The van der Waals surface area contributed by atoms with Crippen molar-refractivity contribution >= 4 is 39.3 Å². The number of ether oxygens (including phenoxy) is 2. The Morgan fingerprint density at radius 2 is 1.84 bits per heavy atom. The first-order valence-electron chi connectivity index (χ1n) is 10.1. The normalized spacial score (nSPS) is 10.8. The Hall–Kier alpha value is -3.65. The number of amides is 1. The Balaban J connectivity index is 1.53. The molecule has 2 heterocycles. The monoisotopic (exact) mass is 450 g/mol. The average Bonchev–Trinajstić information content (AvgIpc) is 3.37. The van der Waals surface area contributed by atoms with Gasteiger partial charge in [-0.2, -0.15) is 0 Å². The maximum atomic E-state index is 12.6. The highest BCUT2D eigenvalue weighted by atomic mass is 32.1. The zero-order valence-electron chi connectivity index (χ0n) is 17.7. The molecular weight excluding hydrogens is 428 g/mol. The van der Waals surface area contributed by atoms with E-state index in [1.54, 1.807) is 6.92 Å². The van der Waals surface area contributed by atoms with Gasteiger partial charge in [-0.1, -0.05) is 30.3 Å². The Morgan fingerprint density at radius 3 is 2.59 bits per heavy atom. The minimum Gasteiger partial charge on any atom is -0.494 e. The van der Waals surface area contributed by atoms with Gasteiger partial charge in [-0.25, -0.2) is 9.78 Å². The number of nitrogens with one attached hydrogen (secondary N) is 1. The molecular formula is C24H22N2O5S. The summed E-state index contributed by atoms with van der Waals surface area (Å²) in [7, 11) is 1.31. The molecule has 0 aliphatic carbocycles. The summed E-state index contributed by atoms with van der Waals surface area (Å²) in [5.41, 5.74) is 1.50. The molecule has 32 heavy (non-hydrogen) atoms. The molecule has 0 fully saturated rings. The second-order valence-corrected chi connectivity index (χ2v) is 8.06. The zero-order chi connectivity index (χ0) is 22.5. The Kier molecular flexibility index (Phi) is 6.51. The van der Waals surface area contributed by atoms with Crippen LogP contribution in [0, 0.1) is 6.92 Å². The molecule has 2 aromatic carbocycles. The summed E-state index contributed by atoms with van der Waals surface area (Å²) < 4.78 is 17.3. The van der Waals surface area contributed by atoms with Gasteiger partial charge in [0.2, 0.25) is 11.8 Å². The van der Waals surface area contributed by atoms with Crippen LogP contribution in [0.2, 0.25) is 0 Å². The number of para-hydroxylation sites is 2. The van der Waals surface area contributed by atoms with Crippen molar-refractivity contribution in [1.29, 1.82) is 0 Å². The number of thiazole rings is 1. The predicted octanol–water partition coefficient (Wildman–Crippen LogP) is 5.45. The van der Waals surface area contributed by atoms with Gasteiger partial charge in [0.1, 0.15) is 22.1 Å². The van der Waals surface area contributed by atoms with Crippen LogP contribution in [0.5, 0.6) is 5.75 Å². The zero-order valence-corrected chi connectivity index (χ0v) is 18.5. The highest BCUT2D eigenvalue weighted by Crippen LogP contribution is 2.40. The summed E-state index contributed by atoms with van der Waals surface area (Å²) in [6.45, 7) is 2.07. The molecule has 4 rings (SSSR count). The minimum atomic E-state index is -0.544. The fourth-order valence-corrected chi connectivity index (χ4v) is 4.31. The van der Waals surface area contributed by atoms with Gasteiger partial charge in [-0.3, -0.25) is 10.1 Å². The number of rotatable bonds is 8. The Bertz CT molecular complexity index is 1210. The van der Waals surface area contributed by atoms with Gasteiger partial charge in [-0.05, 0) is 37.6 Å². The number of fused-ring (bicyclic) bond motifs is 1. The van der Waals surface area contributed by atoms with Crippen molar-refractivity contribution in [2.24, 2.45) is 0 Å². The molecule has 8 heteroatoms. The van der Waals surface area contributed by atoms with Crippen LogP contribution in [0.3, 0.4) is 0 Å². The quantitative estimate of drug-likeness (QED) is 0.284. The van der Waals surface area contributed by atoms with Gasteiger partial charge >= 0.3 is 5.97 Å². The molecule has 0 bridgehead atoms. The molecule has 0 aliphatic rings. The molecule has 0 saturated heterocycles. The van der Waals surface area contributed by atoms with Crippen molar-refractivity contribution in [3.8, 4) is 16.3 Å². The third-order valence-corrected chi connectivity index (χ3v) is 5.85. The standard InChI is InChI=1S/C24H22N2O5S/c1-15-20(24(28)29-2)21(23-25-17-11-6-7-12-18(17)32-23)22(31-15)26-19(27)13-8-14-30-16-9-4-3-5-10-16/h3-7,9-12H,8,13-14H2,1-2H3,(H,26,27). The molecule has 1 N–H and O–H groups in total. The lowest BCUT2D eigenvalue weighted by atomic mass is 10.1. The smallest absolute Gasteiger partial charge is 0.342 e. The van der Waals surface area contributed by atoms with Gasteiger partial charge in [0.15, 0.2) is 0 Å². The first kappa shape index (κ1) is 21.6. The molecule has 0 unspecified atom stereocenters. The number of benzene rings is 2. The lowest BCUT2D eigenvalue weighted by molar-refractivity contribution is -0.116. The first-order valence-corrected chi connectivity index (χ1v) is 10.9. The number of esters is 1. The van der Waals surface area contributed by atoms with Crippen LogP contribution >= 0.6 is 11.3 Å². The van der Waals surface area contributed by atoms with E-state index >= 15 is 0 Å². The van der Waals surface area contributed by atoms with E-state index < -0.39 is 5.97 Å². The SMILES string of the molecule is COC(=O)c1c(C)oc(NC(=O)CCCOc2ccccc2)c1-c1nc2ccccc2s1. The molecule has 4 aromatic rings. The van der Waals surface area contributed by atoms with Crippen LogP contribution in [-0.4, -0.2) is 30.6 Å². The number of carbonyl (C=O) groups is 2. The van der Waals surface area contributed by atoms with E-state index in [2.05, 4.69) is 10.3 Å². The van der Waals surface area contributed by atoms with Gasteiger partial charge < -0.3 is 13.9 Å². The molecule has 0 aliphatic heterocycles. The van der Waals surface area contributed by atoms with Gasteiger partial charge in [-0.15, -0.1) is 11.3 Å². The van der Waals surface area contributed by atoms with Crippen molar-refractivity contribution in [1.82, 2.24) is 4.98 Å². The second-order valence-electron chi connectivity index (χ2n) is 7.03. The molecule has 0 atom stereocenters. The highest BCUT2D eigenvalue weighted by Gasteiger charge is 2.28. The number of hydrogen-bond donors (Lipinski definition) is 1. The molecule has 7 nitrogen and oxygen atoms in total. The number of furan rings is 1.